The molecule has 19 heavy (non-hydrogen) atoms. The SMILES string of the molecule is CCCOc1ccc(NC(=O)C(C)/C(N)=N/O)cc1. The molecule has 1 aromatic rings. The zero-order chi connectivity index (χ0) is 14.3. The molecular formula is C13H19N3O3. The average molecular weight is 265 g/mol. The van der Waals surface area contributed by atoms with Crippen LogP contribution in [0.25, 0.3) is 0 Å². The fourth-order valence-corrected chi connectivity index (χ4v) is 1.33. The second-order valence-corrected chi connectivity index (χ2v) is 4.11. The highest BCUT2D eigenvalue weighted by Crippen LogP contribution is 2.16. The highest BCUT2D eigenvalue weighted by atomic mass is 16.5. The lowest BCUT2D eigenvalue weighted by Gasteiger charge is -2.11. The van der Waals surface area contributed by atoms with Crippen molar-refractivity contribution in [1.82, 2.24) is 0 Å². The van der Waals surface area contributed by atoms with Gasteiger partial charge in [-0.05, 0) is 37.6 Å². The van der Waals surface area contributed by atoms with Gasteiger partial charge in [0.25, 0.3) is 0 Å². The maximum Gasteiger partial charge on any atom is 0.234 e. The Hall–Kier alpha value is -2.24. The van der Waals surface area contributed by atoms with Gasteiger partial charge in [0.05, 0.1) is 12.5 Å². The van der Waals surface area contributed by atoms with Gasteiger partial charge in [-0.25, -0.2) is 0 Å². The van der Waals surface area contributed by atoms with E-state index in [1.165, 1.54) is 0 Å². The Balaban J connectivity index is 2.60. The Morgan fingerprint density at radius 1 is 1.47 bits per heavy atom. The van der Waals surface area contributed by atoms with E-state index in [1.807, 2.05) is 6.92 Å². The van der Waals surface area contributed by atoms with Gasteiger partial charge in [0.2, 0.25) is 5.91 Å². The van der Waals surface area contributed by atoms with E-state index in [2.05, 4.69) is 10.5 Å². The van der Waals surface area contributed by atoms with Crippen LogP contribution >= 0.6 is 0 Å². The molecule has 0 aliphatic carbocycles. The predicted octanol–water partition coefficient (Wildman–Crippen LogP) is 1.80. The maximum absolute atomic E-state index is 11.8. The Kier molecular flexibility index (Phi) is 5.66. The normalized spacial score (nSPS) is 12.8. The Bertz CT molecular complexity index is 443. The number of nitrogens with one attached hydrogen (secondary N) is 1. The van der Waals surface area contributed by atoms with Gasteiger partial charge in [-0.2, -0.15) is 0 Å². The van der Waals surface area contributed by atoms with Crippen LogP contribution in [0.15, 0.2) is 29.4 Å². The molecule has 1 aromatic carbocycles. The van der Waals surface area contributed by atoms with Crippen molar-refractivity contribution < 1.29 is 14.7 Å². The number of amidine groups is 1. The summed E-state index contributed by atoms with van der Waals surface area (Å²) in [6, 6.07) is 7.03. The molecule has 4 N–H and O–H groups in total. The van der Waals surface area contributed by atoms with Gasteiger partial charge in [-0.1, -0.05) is 12.1 Å². The number of anilines is 1. The first-order valence-electron chi connectivity index (χ1n) is 6.09. The number of oxime groups is 1. The van der Waals surface area contributed by atoms with E-state index < -0.39 is 5.92 Å². The van der Waals surface area contributed by atoms with Crippen LogP contribution in [0, 0.1) is 5.92 Å². The van der Waals surface area contributed by atoms with E-state index in [0.29, 0.717) is 12.3 Å². The zero-order valence-corrected chi connectivity index (χ0v) is 11.1. The Morgan fingerprint density at radius 2 is 2.11 bits per heavy atom. The first-order valence-corrected chi connectivity index (χ1v) is 6.09. The Labute approximate surface area is 112 Å². The number of hydrogen-bond acceptors (Lipinski definition) is 4. The number of ether oxygens (including phenoxy) is 1. The molecule has 0 aliphatic heterocycles. The molecule has 0 aliphatic rings. The molecule has 0 saturated carbocycles. The molecule has 1 amide bonds. The topological polar surface area (TPSA) is 96.9 Å². The minimum atomic E-state index is -0.694. The first-order chi connectivity index (χ1) is 9.08. The van der Waals surface area contributed by atoms with E-state index in [9.17, 15) is 4.79 Å². The second kappa shape index (κ2) is 7.25. The van der Waals surface area contributed by atoms with Gasteiger partial charge in [-0.15, -0.1) is 0 Å². The number of carbonyl (C=O) groups is 1. The van der Waals surface area contributed by atoms with Gasteiger partial charge in [0.15, 0.2) is 5.84 Å². The summed E-state index contributed by atoms with van der Waals surface area (Å²) in [7, 11) is 0. The van der Waals surface area contributed by atoms with Crippen LogP contribution in [0.3, 0.4) is 0 Å². The van der Waals surface area contributed by atoms with E-state index in [0.717, 1.165) is 12.2 Å². The number of carbonyl (C=O) groups excluding carboxylic acids is 1. The van der Waals surface area contributed by atoms with Gasteiger partial charge >= 0.3 is 0 Å². The van der Waals surface area contributed by atoms with E-state index in [1.54, 1.807) is 31.2 Å². The van der Waals surface area contributed by atoms with Crippen LogP contribution in [0.1, 0.15) is 20.3 Å². The van der Waals surface area contributed by atoms with Crippen molar-refractivity contribution in [2.75, 3.05) is 11.9 Å². The van der Waals surface area contributed by atoms with Crippen LogP contribution in [-0.2, 0) is 4.79 Å². The molecule has 1 unspecified atom stereocenters. The zero-order valence-electron chi connectivity index (χ0n) is 11.1. The van der Waals surface area contributed by atoms with Gasteiger partial charge in [0.1, 0.15) is 5.75 Å². The summed E-state index contributed by atoms with van der Waals surface area (Å²) in [5, 5.41) is 14.0. The molecule has 0 radical (unpaired) electrons. The van der Waals surface area contributed by atoms with Crippen molar-refractivity contribution in [2.24, 2.45) is 16.8 Å². The van der Waals surface area contributed by atoms with E-state index >= 15 is 0 Å². The van der Waals surface area contributed by atoms with Crippen LogP contribution in [0.5, 0.6) is 5.75 Å². The maximum atomic E-state index is 11.8. The molecular weight excluding hydrogens is 246 g/mol. The number of nitrogens with zero attached hydrogens (tertiary/aromatic N) is 1. The molecule has 104 valence electrons. The summed E-state index contributed by atoms with van der Waals surface area (Å²) in [5.41, 5.74) is 6.00. The highest BCUT2D eigenvalue weighted by Gasteiger charge is 2.17. The number of nitrogens with two attached hydrogens (primary N) is 1. The number of benzene rings is 1. The first kappa shape index (κ1) is 14.8. The van der Waals surface area contributed by atoms with Crippen LogP contribution < -0.4 is 15.8 Å². The monoisotopic (exact) mass is 265 g/mol. The third-order valence-electron chi connectivity index (χ3n) is 2.55. The molecule has 6 nitrogen and oxygen atoms in total. The molecule has 0 aromatic heterocycles. The summed E-state index contributed by atoms with van der Waals surface area (Å²) in [6.07, 6.45) is 0.940. The molecule has 0 fully saturated rings. The predicted molar refractivity (Wildman–Crippen MR) is 73.4 cm³/mol. The summed E-state index contributed by atoms with van der Waals surface area (Å²) in [4.78, 5) is 11.8. The summed E-state index contributed by atoms with van der Waals surface area (Å²) in [6.45, 7) is 4.25. The molecule has 6 heteroatoms. The lowest BCUT2D eigenvalue weighted by molar-refractivity contribution is -0.117. The minimum Gasteiger partial charge on any atom is -0.494 e. The average Bonchev–Trinajstić information content (AvgIpc) is 2.44. The number of hydrogen-bond donors (Lipinski definition) is 3. The van der Waals surface area contributed by atoms with Crippen LogP contribution in [0.2, 0.25) is 0 Å². The summed E-state index contributed by atoms with van der Waals surface area (Å²) < 4.78 is 5.43. The minimum absolute atomic E-state index is 0.125. The van der Waals surface area contributed by atoms with E-state index in [4.69, 9.17) is 15.7 Å². The van der Waals surface area contributed by atoms with Gasteiger partial charge < -0.3 is 21.0 Å². The highest BCUT2D eigenvalue weighted by molar-refractivity contribution is 6.07. The lowest BCUT2D eigenvalue weighted by Crippen LogP contribution is -2.32. The summed E-state index contributed by atoms with van der Waals surface area (Å²) >= 11 is 0. The Morgan fingerprint density at radius 3 is 2.63 bits per heavy atom. The van der Waals surface area contributed by atoms with Crippen LogP contribution in [-0.4, -0.2) is 23.6 Å². The van der Waals surface area contributed by atoms with Crippen molar-refractivity contribution in [3.05, 3.63) is 24.3 Å². The third-order valence-corrected chi connectivity index (χ3v) is 2.55. The smallest absolute Gasteiger partial charge is 0.234 e. The lowest BCUT2D eigenvalue weighted by atomic mass is 10.1. The fraction of sp³-hybridized carbons (Fsp3) is 0.385. The van der Waals surface area contributed by atoms with Crippen molar-refractivity contribution in [3.63, 3.8) is 0 Å². The van der Waals surface area contributed by atoms with E-state index in [-0.39, 0.29) is 11.7 Å². The molecule has 1 rings (SSSR count). The number of amides is 1. The fourth-order valence-electron chi connectivity index (χ4n) is 1.33. The van der Waals surface area contributed by atoms with Gasteiger partial charge in [0, 0.05) is 5.69 Å². The van der Waals surface area contributed by atoms with Gasteiger partial charge in [-0.3, -0.25) is 4.79 Å². The molecule has 0 bridgehead atoms. The van der Waals surface area contributed by atoms with Crippen molar-refractivity contribution >= 4 is 17.4 Å². The molecule has 0 spiro atoms. The standard InChI is InChI=1S/C13H19N3O3/c1-3-8-19-11-6-4-10(5-7-11)15-13(17)9(2)12(14)16-18/h4-7,9,18H,3,8H2,1-2H3,(H2,14,16)(H,15,17). The second-order valence-electron chi connectivity index (χ2n) is 4.11. The summed E-state index contributed by atoms with van der Waals surface area (Å²) in [5.74, 6) is -0.400. The molecule has 1 atom stereocenters. The largest absolute Gasteiger partial charge is 0.494 e. The molecule has 0 saturated heterocycles. The third kappa shape index (κ3) is 4.50. The van der Waals surface area contributed by atoms with Crippen molar-refractivity contribution in [1.29, 1.82) is 0 Å². The quantitative estimate of drug-likeness (QED) is 0.316. The molecule has 0 heterocycles. The van der Waals surface area contributed by atoms with Crippen LogP contribution in [0.4, 0.5) is 5.69 Å². The number of rotatable bonds is 6. The van der Waals surface area contributed by atoms with Crippen molar-refractivity contribution in [2.45, 2.75) is 20.3 Å². The van der Waals surface area contributed by atoms with Crippen molar-refractivity contribution in [3.8, 4) is 5.75 Å².